The molecule has 5 heteroatoms. The molecule has 3 aromatic rings. The van der Waals surface area contributed by atoms with Gasteiger partial charge in [-0.15, -0.1) is 0 Å². The molecule has 0 radical (unpaired) electrons. The lowest BCUT2D eigenvalue weighted by Crippen LogP contribution is -2.45. The Hall–Kier alpha value is -2.82. The number of nitrogens with one attached hydrogen (secondary N) is 2. The van der Waals surface area contributed by atoms with E-state index in [2.05, 4.69) is 10.6 Å². The molecule has 0 fully saturated rings. The van der Waals surface area contributed by atoms with E-state index in [4.69, 9.17) is 4.42 Å². The first-order valence-corrected chi connectivity index (χ1v) is 8.55. The van der Waals surface area contributed by atoms with Crippen molar-refractivity contribution >= 4 is 33.6 Å². The van der Waals surface area contributed by atoms with Crippen molar-refractivity contribution in [3.8, 4) is 0 Å². The van der Waals surface area contributed by atoms with E-state index in [1.54, 1.807) is 13.2 Å². The highest BCUT2D eigenvalue weighted by atomic mass is 16.3. The predicted molar refractivity (Wildman–Crippen MR) is 98.3 cm³/mol. The number of amides is 2. The molecular formula is C20H22N2O3. The van der Waals surface area contributed by atoms with Crippen LogP contribution in [0.25, 0.3) is 21.7 Å². The van der Waals surface area contributed by atoms with Gasteiger partial charge in [0.1, 0.15) is 11.6 Å². The minimum absolute atomic E-state index is 0.169. The Balaban J connectivity index is 1.78. The van der Waals surface area contributed by atoms with E-state index in [1.807, 2.05) is 43.3 Å². The topological polar surface area (TPSA) is 71.3 Å². The van der Waals surface area contributed by atoms with Gasteiger partial charge in [0, 0.05) is 17.5 Å². The van der Waals surface area contributed by atoms with Gasteiger partial charge in [0.2, 0.25) is 11.8 Å². The Morgan fingerprint density at radius 2 is 1.96 bits per heavy atom. The fourth-order valence-electron chi connectivity index (χ4n) is 2.94. The van der Waals surface area contributed by atoms with Crippen LogP contribution in [0.3, 0.4) is 0 Å². The average Bonchev–Trinajstić information content (AvgIpc) is 3.02. The quantitative estimate of drug-likeness (QED) is 0.725. The molecular weight excluding hydrogens is 316 g/mol. The van der Waals surface area contributed by atoms with Crippen LogP contribution >= 0.6 is 0 Å². The van der Waals surface area contributed by atoms with Crippen LogP contribution in [0.1, 0.15) is 25.8 Å². The lowest BCUT2D eigenvalue weighted by molar-refractivity contribution is -0.128. The Morgan fingerprint density at radius 1 is 1.16 bits per heavy atom. The standard InChI is InChI=1S/C20H22N2O3/c1-3-10-21-20(24)13(2)22-18(23)11-15-12-25-17-9-8-14-6-4-5-7-16(14)19(15)17/h4-9,12-13H,3,10-11H2,1-2H3,(H,21,24)(H,22,23)/t13-/m0/s1. The summed E-state index contributed by atoms with van der Waals surface area (Å²) in [5, 5.41) is 8.64. The third-order valence-electron chi connectivity index (χ3n) is 4.21. The van der Waals surface area contributed by atoms with E-state index in [-0.39, 0.29) is 18.2 Å². The second kappa shape index (κ2) is 7.38. The van der Waals surface area contributed by atoms with Crippen molar-refractivity contribution in [2.75, 3.05) is 6.54 Å². The van der Waals surface area contributed by atoms with Gasteiger partial charge in [0.05, 0.1) is 12.7 Å². The maximum absolute atomic E-state index is 12.3. The normalized spacial score (nSPS) is 12.2. The highest BCUT2D eigenvalue weighted by Crippen LogP contribution is 2.30. The Labute approximate surface area is 146 Å². The van der Waals surface area contributed by atoms with E-state index in [0.717, 1.165) is 33.7 Å². The molecule has 0 saturated carbocycles. The number of hydrogen-bond donors (Lipinski definition) is 2. The second-order valence-electron chi connectivity index (χ2n) is 6.18. The fraction of sp³-hybridized carbons (Fsp3) is 0.300. The molecule has 0 aliphatic heterocycles. The van der Waals surface area contributed by atoms with Crippen LogP contribution in [-0.4, -0.2) is 24.4 Å². The molecule has 0 bridgehead atoms. The van der Waals surface area contributed by atoms with Crippen LogP contribution in [0.5, 0.6) is 0 Å². The van der Waals surface area contributed by atoms with Gasteiger partial charge < -0.3 is 15.1 Å². The highest BCUT2D eigenvalue weighted by molar-refractivity contribution is 6.08. The summed E-state index contributed by atoms with van der Waals surface area (Å²) in [4.78, 5) is 24.2. The summed E-state index contributed by atoms with van der Waals surface area (Å²) in [6, 6.07) is 11.4. The predicted octanol–water partition coefficient (Wildman–Crippen LogP) is 3.16. The summed E-state index contributed by atoms with van der Waals surface area (Å²) in [6.45, 7) is 4.28. The average molecular weight is 338 g/mol. The number of benzene rings is 2. The second-order valence-corrected chi connectivity index (χ2v) is 6.18. The fourth-order valence-corrected chi connectivity index (χ4v) is 2.94. The van der Waals surface area contributed by atoms with Gasteiger partial charge in [0.15, 0.2) is 0 Å². The number of hydrogen-bond acceptors (Lipinski definition) is 3. The van der Waals surface area contributed by atoms with Gasteiger partial charge in [0.25, 0.3) is 0 Å². The number of rotatable bonds is 6. The SMILES string of the molecule is CCCNC(=O)[C@H](C)NC(=O)Cc1coc2ccc3ccccc3c12. The summed E-state index contributed by atoms with van der Waals surface area (Å²) < 4.78 is 5.60. The molecule has 0 unspecified atom stereocenters. The third kappa shape index (κ3) is 3.65. The van der Waals surface area contributed by atoms with Crippen molar-refractivity contribution in [3.05, 3.63) is 48.2 Å². The summed E-state index contributed by atoms with van der Waals surface area (Å²) in [5.74, 6) is -0.368. The molecule has 1 aromatic heterocycles. The molecule has 0 aliphatic rings. The van der Waals surface area contributed by atoms with Gasteiger partial charge in [-0.1, -0.05) is 37.3 Å². The largest absolute Gasteiger partial charge is 0.464 e. The van der Waals surface area contributed by atoms with Gasteiger partial charge in [-0.25, -0.2) is 0 Å². The zero-order valence-electron chi connectivity index (χ0n) is 14.5. The maximum Gasteiger partial charge on any atom is 0.242 e. The number of furan rings is 1. The molecule has 1 atom stereocenters. The zero-order valence-corrected chi connectivity index (χ0v) is 14.5. The van der Waals surface area contributed by atoms with Gasteiger partial charge in [-0.05, 0) is 30.2 Å². The lowest BCUT2D eigenvalue weighted by Gasteiger charge is -2.13. The van der Waals surface area contributed by atoms with Gasteiger partial charge in [-0.3, -0.25) is 9.59 Å². The third-order valence-corrected chi connectivity index (χ3v) is 4.21. The molecule has 2 N–H and O–H groups in total. The number of carbonyl (C=O) groups excluding carboxylic acids is 2. The maximum atomic E-state index is 12.3. The molecule has 130 valence electrons. The molecule has 25 heavy (non-hydrogen) atoms. The van der Waals surface area contributed by atoms with Crippen LogP contribution in [0.4, 0.5) is 0 Å². The van der Waals surface area contributed by atoms with Crippen LogP contribution in [0.2, 0.25) is 0 Å². The van der Waals surface area contributed by atoms with E-state index in [9.17, 15) is 9.59 Å². The van der Waals surface area contributed by atoms with E-state index in [0.29, 0.717) is 6.54 Å². The summed E-state index contributed by atoms with van der Waals surface area (Å²) >= 11 is 0. The summed E-state index contributed by atoms with van der Waals surface area (Å²) in [7, 11) is 0. The first kappa shape index (κ1) is 17.0. The van der Waals surface area contributed by atoms with E-state index in [1.165, 1.54) is 0 Å². The lowest BCUT2D eigenvalue weighted by atomic mass is 10.0. The molecule has 0 saturated heterocycles. The van der Waals surface area contributed by atoms with E-state index >= 15 is 0 Å². The Kier molecular flexibility index (Phi) is 5.03. The van der Waals surface area contributed by atoms with Crippen LogP contribution in [0, 0.1) is 0 Å². The Morgan fingerprint density at radius 3 is 2.76 bits per heavy atom. The van der Waals surface area contributed by atoms with Crippen molar-refractivity contribution in [2.24, 2.45) is 0 Å². The molecule has 1 heterocycles. The van der Waals surface area contributed by atoms with E-state index < -0.39 is 6.04 Å². The monoisotopic (exact) mass is 338 g/mol. The van der Waals surface area contributed by atoms with Crippen LogP contribution < -0.4 is 10.6 Å². The minimum atomic E-state index is -0.561. The summed E-state index contributed by atoms with van der Waals surface area (Å²) in [6.07, 6.45) is 2.66. The first-order valence-electron chi connectivity index (χ1n) is 8.55. The van der Waals surface area contributed by atoms with Crippen molar-refractivity contribution in [1.29, 1.82) is 0 Å². The first-order chi connectivity index (χ1) is 12.1. The molecule has 2 amide bonds. The summed E-state index contributed by atoms with van der Waals surface area (Å²) in [5.41, 5.74) is 1.58. The molecule has 2 aromatic carbocycles. The van der Waals surface area contributed by atoms with Crippen molar-refractivity contribution in [3.63, 3.8) is 0 Å². The minimum Gasteiger partial charge on any atom is -0.464 e. The zero-order chi connectivity index (χ0) is 17.8. The molecule has 0 aliphatic carbocycles. The van der Waals surface area contributed by atoms with Crippen LogP contribution in [0.15, 0.2) is 47.1 Å². The smallest absolute Gasteiger partial charge is 0.242 e. The van der Waals surface area contributed by atoms with Crippen molar-refractivity contribution < 1.29 is 14.0 Å². The van der Waals surface area contributed by atoms with Crippen molar-refractivity contribution in [1.82, 2.24) is 10.6 Å². The van der Waals surface area contributed by atoms with Crippen LogP contribution in [-0.2, 0) is 16.0 Å². The van der Waals surface area contributed by atoms with Crippen molar-refractivity contribution in [2.45, 2.75) is 32.7 Å². The highest BCUT2D eigenvalue weighted by Gasteiger charge is 2.17. The molecule has 3 rings (SSSR count). The number of fused-ring (bicyclic) bond motifs is 3. The van der Waals surface area contributed by atoms with Gasteiger partial charge >= 0.3 is 0 Å². The number of carbonyl (C=O) groups is 2. The molecule has 5 nitrogen and oxygen atoms in total. The molecule has 0 spiro atoms. The van der Waals surface area contributed by atoms with Gasteiger partial charge in [-0.2, -0.15) is 0 Å². The Bertz CT molecular complexity index is 914.